The van der Waals surface area contributed by atoms with Gasteiger partial charge in [-0.3, -0.25) is 13.8 Å². The van der Waals surface area contributed by atoms with Crippen LogP contribution in [0.5, 0.6) is 0 Å². The molecular formula is C26H14N4O2S. The lowest BCUT2D eigenvalue weighted by atomic mass is 9.97. The molecule has 8 rings (SSSR count). The molecule has 7 heteroatoms. The lowest BCUT2D eigenvalue weighted by molar-refractivity contribution is 0.892. The lowest BCUT2D eigenvalue weighted by Crippen LogP contribution is -2.13. The van der Waals surface area contributed by atoms with Gasteiger partial charge in [0.05, 0.1) is 22.1 Å². The predicted octanol–water partition coefficient (Wildman–Crippen LogP) is 5.14. The summed E-state index contributed by atoms with van der Waals surface area (Å²) in [6.07, 6.45) is 0. The molecule has 0 atom stereocenters. The Morgan fingerprint density at radius 2 is 1.64 bits per heavy atom. The summed E-state index contributed by atoms with van der Waals surface area (Å²) in [6, 6.07) is 20.3. The van der Waals surface area contributed by atoms with Crippen LogP contribution in [0.1, 0.15) is 0 Å². The van der Waals surface area contributed by atoms with Gasteiger partial charge in [-0.1, -0.05) is 24.3 Å². The molecule has 6 nitrogen and oxygen atoms in total. The zero-order valence-corrected chi connectivity index (χ0v) is 18.2. The van der Waals surface area contributed by atoms with Crippen molar-refractivity contribution >= 4 is 80.8 Å². The van der Waals surface area contributed by atoms with E-state index in [2.05, 4.69) is 47.4 Å². The molecule has 4 aromatic heterocycles. The number of nitrogens with zero attached hydrogens (tertiary/aromatic N) is 3. The van der Waals surface area contributed by atoms with Gasteiger partial charge in [-0.2, -0.15) is 0 Å². The maximum Gasteiger partial charge on any atom is 0.326 e. The van der Waals surface area contributed by atoms with Crippen molar-refractivity contribution in [1.29, 1.82) is 0 Å². The molecule has 0 aliphatic carbocycles. The van der Waals surface area contributed by atoms with Gasteiger partial charge in [-0.15, -0.1) is 11.3 Å². The van der Waals surface area contributed by atoms with E-state index in [1.54, 1.807) is 27.4 Å². The predicted molar refractivity (Wildman–Crippen MR) is 135 cm³/mol. The van der Waals surface area contributed by atoms with Crippen LogP contribution in [0.4, 0.5) is 0 Å². The molecule has 0 radical (unpaired) electrons. The topological polar surface area (TPSA) is 72.2 Å². The Morgan fingerprint density at radius 1 is 0.818 bits per heavy atom. The highest BCUT2D eigenvalue weighted by Crippen LogP contribution is 2.41. The molecule has 4 heterocycles. The van der Waals surface area contributed by atoms with Gasteiger partial charge in [-0.05, 0) is 47.2 Å². The molecule has 156 valence electrons. The van der Waals surface area contributed by atoms with E-state index in [0.29, 0.717) is 27.6 Å². The average molecular weight is 446 g/mol. The van der Waals surface area contributed by atoms with Gasteiger partial charge in [0.15, 0.2) is 0 Å². The van der Waals surface area contributed by atoms with Gasteiger partial charge in [0.25, 0.3) is 5.56 Å². The zero-order valence-electron chi connectivity index (χ0n) is 17.3. The van der Waals surface area contributed by atoms with Crippen LogP contribution >= 0.6 is 11.3 Å². The van der Waals surface area contributed by atoms with Crippen molar-refractivity contribution in [2.75, 3.05) is 0 Å². The molecule has 8 aromatic rings. The second-order valence-electron chi connectivity index (χ2n) is 8.54. The molecule has 0 saturated heterocycles. The summed E-state index contributed by atoms with van der Waals surface area (Å²) >= 11 is 1.75. The quantitative estimate of drug-likeness (QED) is 0.259. The van der Waals surface area contributed by atoms with Crippen molar-refractivity contribution in [1.82, 2.24) is 18.9 Å². The van der Waals surface area contributed by atoms with Crippen LogP contribution in [-0.4, -0.2) is 18.9 Å². The average Bonchev–Trinajstić information content (AvgIpc) is 3.34. The molecule has 33 heavy (non-hydrogen) atoms. The van der Waals surface area contributed by atoms with E-state index in [1.807, 2.05) is 18.2 Å². The van der Waals surface area contributed by atoms with E-state index in [4.69, 9.17) is 4.98 Å². The van der Waals surface area contributed by atoms with E-state index < -0.39 is 0 Å². The maximum atomic E-state index is 13.8. The normalized spacial score (nSPS) is 12.6. The van der Waals surface area contributed by atoms with E-state index in [9.17, 15) is 9.59 Å². The Bertz CT molecular complexity index is 2250. The third kappa shape index (κ3) is 1.97. The molecular weight excluding hydrogens is 432 g/mol. The van der Waals surface area contributed by atoms with Crippen LogP contribution in [0.3, 0.4) is 0 Å². The summed E-state index contributed by atoms with van der Waals surface area (Å²) in [4.78, 5) is 33.6. The molecule has 0 aliphatic heterocycles. The Hall–Kier alpha value is -4.23. The van der Waals surface area contributed by atoms with Crippen molar-refractivity contribution in [3.63, 3.8) is 0 Å². The van der Waals surface area contributed by atoms with Gasteiger partial charge < -0.3 is 4.98 Å². The minimum Gasteiger partial charge on any atom is -0.305 e. The minimum absolute atomic E-state index is 0.0903. The van der Waals surface area contributed by atoms with Crippen LogP contribution in [0.2, 0.25) is 0 Å². The SMILES string of the molecule is Cn1c(=O)[nH]c2cc3nc4c5ccc6c7ccccc7sc7ccc(c(=O)n4c3cc21)c5c76. The van der Waals surface area contributed by atoms with Crippen LogP contribution in [0, 0.1) is 0 Å². The molecule has 0 bridgehead atoms. The van der Waals surface area contributed by atoms with Gasteiger partial charge in [-0.25, -0.2) is 9.78 Å². The zero-order chi connectivity index (χ0) is 22.0. The number of aromatic amines is 1. The van der Waals surface area contributed by atoms with Crippen LogP contribution < -0.4 is 11.2 Å². The van der Waals surface area contributed by atoms with Crippen molar-refractivity contribution in [2.24, 2.45) is 7.05 Å². The van der Waals surface area contributed by atoms with Gasteiger partial charge in [0, 0.05) is 38.0 Å². The highest BCUT2D eigenvalue weighted by molar-refractivity contribution is 7.25. The molecule has 0 aliphatic rings. The maximum absolute atomic E-state index is 13.8. The van der Waals surface area contributed by atoms with Gasteiger partial charge >= 0.3 is 5.69 Å². The minimum atomic E-state index is -0.190. The number of rotatable bonds is 0. The lowest BCUT2D eigenvalue weighted by Gasteiger charge is -2.13. The summed E-state index contributed by atoms with van der Waals surface area (Å²) in [7, 11) is 1.72. The highest BCUT2D eigenvalue weighted by Gasteiger charge is 2.20. The largest absolute Gasteiger partial charge is 0.326 e. The molecule has 0 spiro atoms. The first kappa shape index (κ1) is 17.3. The van der Waals surface area contributed by atoms with Crippen molar-refractivity contribution < 1.29 is 0 Å². The fourth-order valence-corrected chi connectivity index (χ4v) is 6.46. The first-order valence-electron chi connectivity index (χ1n) is 10.6. The number of hydrogen-bond acceptors (Lipinski definition) is 4. The molecule has 1 N–H and O–H groups in total. The van der Waals surface area contributed by atoms with Crippen LogP contribution in [0.25, 0.3) is 69.4 Å². The van der Waals surface area contributed by atoms with Crippen molar-refractivity contribution in [3.8, 4) is 0 Å². The summed E-state index contributed by atoms with van der Waals surface area (Å²) in [6.45, 7) is 0. The number of H-pyrrole nitrogens is 1. The molecule has 4 aromatic carbocycles. The number of aromatic nitrogens is 4. The van der Waals surface area contributed by atoms with E-state index in [-0.39, 0.29) is 11.2 Å². The van der Waals surface area contributed by atoms with Gasteiger partial charge in [0.2, 0.25) is 0 Å². The smallest absolute Gasteiger partial charge is 0.305 e. The Labute approximate surface area is 188 Å². The first-order chi connectivity index (χ1) is 16.1. The summed E-state index contributed by atoms with van der Waals surface area (Å²) in [5.74, 6) is 0. The van der Waals surface area contributed by atoms with Crippen LogP contribution in [-0.2, 0) is 7.05 Å². The molecule has 0 saturated carbocycles. The van der Waals surface area contributed by atoms with Crippen LogP contribution in [0.15, 0.2) is 70.3 Å². The Morgan fingerprint density at radius 3 is 2.55 bits per heavy atom. The third-order valence-corrected chi connectivity index (χ3v) is 8.01. The Kier molecular flexibility index (Phi) is 2.93. The number of hydrogen-bond donors (Lipinski definition) is 1. The van der Waals surface area contributed by atoms with Crippen molar-refractivity contribution in [2.45, 2.75) is 0 Å². The summed E-state index contributed by atoms with van der Waals surface area (Å²) in [5.41, 5.74) is 3.21. The second kappa shape index (κ2) is 5.57. The number of fused-ring (bicyclic) bond motifs is 7. The van der Waals surface area contributed by atoms with E-state index in [0.717, 1.165) is 31.8 Å². The monoisotopic (exact) mass is 446 g/mol. The molecule has 0 amide bonds. The number of nitrogens with one attached hydrogen (secondary N) is 1. The van der Waals surface area contributed by atoms with E-state index >= 15 is 0 Å². The standard InChI is InChI=1S/C26H14N4O2S/c1-29-18-11-19-17(10-16(18)28-26(29)32)27-24-14-7-6-13-12-4-2-3-5-20(12)33-21-9-8-15(22(14)23(13)21)25(31)30(19)24/h2-11H,1H3,(H,28,32). The number of benzene rings is 4. The highest BCUT2D eigenvalue weighted by atomic mass is 32.1. The Balaban J connectivity index is 1.66. The third-order valence-electron chi connectivity index (χ3n) is 6.87. The summed E-state index contributed by atoms with van der Waals surface area (Å²) < 4.78 is 5.62. The van der Waals surface area contributed by atoms with Crippen molar-refractivity contribution in [3.05, 3.63) is 81.5 Å². The number of pyridine rings is 1. The fourth-order valence-electron chi connectivity index (χ4n) is 5.34. The number of aryl methyl sites for hydroxylation is 1. The molecule has 0 unspecified atom stereocenters. The summed E-state index contributed by atoms with van der Waals surface area (Å²) in [5, 5.41) is 6.08. The van der Waals surface area contributed by atoms with Gasteiger partial charge in [0.1, 0.15) is 5.65 Å². The number of imidazole rings is 2. The first-order valence-corrected chi connectivity index (χ1v) is 11.4. The fraction of sp³-hybridized carbons (Fsp3) is 0.0385. The van der Waals surface area contributed by atoms with E-state index in [1.165, 1.54) is 10.1 Å². The molecule has 0 fully saturated rings. The second-order valence-corrected chi connectivity index (χ2v) is 9.63.